The topological polar surface area (TPSA) is 74.6 Å². The van der Waals surface area contributed by atoms with Crippen molar-refractivity contribution in [3.63, 3.8) is 0 Å². The quantitative estimate of drug-likeness (QED) is 0.754. The van der Waals surface area contributed by atoms with E-state index in [4.69, 9.17) is 10.2 Å². The second kappa shape index (κ2) is 5.31. The number of hydrogen-bond acceptors (Lipinski definition) is 3. The summed E-state index contributed by atoms with van der Waals surface area (Å²) in [5.41, 5.74) is 0.125. The van der Waals surface area contributed by atoms with E-state index in [1.807, 2.05) is 11.4 Å². The van der Waals surface area contributed by atoms with Gasteiger partial charge in [-0.05, 0) is 23.9 Å². The lowest BCUT2D eigenvalue weighted by Gasteiger charge is -1.98. The molecule has 0 saturated heterocycles. The third-order valence-electron chi connectivity index (χ3n) is 1.74. The molecule has 0 aromatic carbocycles. The smallest absolute Gasteiger partial charge is 0.331 e. The second-order valence-electron chi connectivity index (χ2n) is 2.88. The van der Waals surface area contributed by atoms with Crippen LogP contribution in [0.1, 0.15) is 17.7 Å². The van der Waals surface area contributed by atoms with Crippen molar-refractivity contribution in [1.29, 1.82) is 0 Å². The van der Waals surface area contributed by atoms with Gasteiger partial charge in [0.25, 0.3) is 0 Å². The van der Waals surface area contributed by atoms with Gasteiger partial charge in [0, 0.05) is 16.9 Å². The molecule has 2 N–H and O–H groups in total. The number of rotatable bonds is 5. The van der Waals surface area contributed by atoms with Crippen molar-refractivity contribution in [3.8, 4) is 0 Å². The van der Waals surface area contributed by atoms with Crippen molar-refractivity contribution in [2.24, 2.45) is 0 Å². The lowest BCUT2D eigenvalue weighted by atomic mass is 10.1. The molecule has 0 aliphatic rings. The van der Waals surface area contributed by atoms with Crippen LogP contribution in [0.2, 0.25) is 0 Å². The average molecular weight is 226 g/mol. The molecule has 1 heterocycles. The lowest BCUT2D eigenvalue weighted by molar-refractivity contribution is -0.137. The van der Waals surface area contributed by atoms with Gasteiger partial charge in [0.15, 0.2) is 0 Å². The lowest BCUT2D eigenvalue weighted by Crippen LogP contribution is -2.03. The summed E-state index contributed by atoms with van der Waals surface area (Å²) in [5.74, 6) is -2.06. The van der Waals surface area contributed by atoms with Gasteiger partial charge < -0.3 is 10.2 Å². The van der Waals surface area contributed by atoms with Crippen molar-refractivity contribution < 1.29 is 19.8 Å². The first-order valence-corrected chi connectivity index (χ1v) is 5.16. The molecule has 1 aromatic rings. The van der Waals surface area contributed by atoms with Gasteiger partial charge >= 0.3 is 11.9 Å². The van der Waals surface area contributed by atoms with E-state index in [2.05, 4.69) is 0 Å². The van der Waals surface area contributed by atoms with E-state index < -0.39 is 11.9 Å². The summed E-state index contributed by atoms with van der Waals surface area (Å²) < 4.78 is 0. The first-order valence-electron chi connectivity index (χ1n) is 4.29. The Morgan fingerprint density at radius 3 is 2.53 bits per heavy atom. The van der Waals surface area contributed by atoms with Gasteiger partial charge in [0.1, 0.15) is 0 Å². The Morgan fingerprint density at radius 2 is 2.07 bits per heavy atom. The molecule has 0 unspecified atom stereocenters. The zero-order chi connectivity index (χ0) is 11.3. The van der Waals surface area contributed by atoms with Gasteiger partial charge in [-0.25, -0.2) is 4.79 Å². The highest BCUT2D eigenvalue weighted by Crippen LogP contribution is 2.16. The number of thiophene rings is 1. The zero-order valence-corrected chi connectivity index (χ0v) is 8.66. The second-order valence-corrected chi connectivity index (χ2v) is 3.86. The molecule has 4 nitrogen and oxygen atoms in total. The van der Waals surface area contributed by atoms with Gasteiger partial charge in [-0.1, -0.05) is 6.07 Å². The number of carboxylic acid groups (broad SMARTS) is 2. The van der Waals surface area contributed by atoms with Crippen molar-refractivity contribution in [2.75, 3.05) is 0 Å². The van der Waals surface area contributed by atoms with E-state index in [9.17, 15) is 9.59 Å². The van der Waals surface area contributed by atoms with Crippen molar-refractivity contribution in [3.05, 3.63) is 28.0 Å². The van der Waals surface area contributed by atoms with Crippen LogP contribution >= 0.6 is 11.3 Å². The van der Waals surface area contributed by atoms with Gasteiger partial charge in [0.05, 0.1) is 0 Å². The largest absolute Gasteiger partial charge is 0.481 e. The van der Waals surface area contributed by atoms with E-state index in [1.54, 1.807) is 6.07 Å². The van der Waals surface area contributed by atoms with Gasteiger partial charge in [0.2, 0.25) is 0 Å². The van der Waals surface area contributed by atoms with E-state index in [0.717, 1.165) is 4.88 Å². The third-order valence-corrected chi connectivity index (χ3v) is 2.56. The fourth-order valence-electron chi connectivity index (χ4n) is 1.03. The molecule has 15 heavy (non-hydrogen) atoms. The molecule has 0 aliphatic heterocycles. The Labute approximate surface area is 90.5 Å². The van der Waals surface area contributed by atoms with Crippen LogP contribution in [0.15, 0.2) is 23.1 Å². The molecule has 0 bridgehead atoms. The minimum atomic E-state index is -1.07. The average Bonchev–Trinajstić information content (AvgIpc) is 2.63. The molecule has 0 saturated carbocycles. The van der Waals surface area contributed by atoms with E-state index in [-0.39, 0.29) is 18.4 Å². The highest BCUT2D eigenvalue weighted by Gasteiger charge is 2.09. The summed E-state index contributed by atoms with van der Waals surface area (Å²) in [6.45, 7) is 0. The first-order chi connectivity index (χ1) is 7.09. The van der Waals surface area contributed by atoms with Gasteiger partial charge in [-0.2, -0.15) is 0 Å². The van der Waals surface area contributed by atoms with Crippen LogP contribution in [0.4, 0.5) is 0 Å². The Hall–Kier alpha value is -1.62. The van der Waals surface area contributed by atoms with Crippen LogP contribution in [0, 0.1) is 0 Å². The van der Waals surface area contributed by atoms with E-state index >= 15 is 0 Å². The maximum absolute atomic E-state index is 10.8. The molecule has 1 rings (SSSR count). The van der Waals surface area contributed by atoms with Crippen LogP contribution in [0.3, 0.4) is 0 Å². The Bertz CT molecular complexity index is 378. The number of carbonyl (C=O) groups is 2. The molecule has 0 spiro atoms. The summed E-state index contributed by atoms with van der Waals surface area (Å²) in [4.78, 5) is 21.9. The van der Waals surface area contributed by atoms with Crippen molar-refractivity contribution in [2.45, 2.75) is 12.8 Å². The Kier molecular flexibility index (Phi) is 4.05. The zero-order valence-electron chi connectivity index (χ0n) is 7.84. The molecule has 80 valence electrons. The van der Waals surface area contributed by atoms with Crippen LogP contribution in [0.25, 0.3) is 6.08 Å². The number of hydrogen-bond donors (Lipinski definition) is 2. The third kappa shape index (κ3) is 3.95. The van der Waals surface area contributed by atoms with Crippen LogP contribution in [0.5, 0.6) is 0 Å². The Morgan fingerprint density at radius 1 is 1.33 bits per heavy atom. The summed E-state index contributed by atoms with van der Waals surface area (Å²) in [6, 6.07) is 3.60. The van der Waals surface area contributed by atoms with Crippen molar-refractivity contribution >= 4 is 29.4 Å². The molecule has 0 amide bonds. The number of carboxylic acids is 2. The normalized spacial score (nSPS) is 11.3. The molecule has 0 radical (unpaired) electrons. The predicted octanol–water partition coefficient (Wildman–Crippen LogP) is 2.08. The van der Waals surface area contributed by atoms with Crippen LogP contribution < -0.4 is 0 Å². The predicted molar refractivity (Wildman–Crippen MR) is 56.8 cm³/mol. The molecule has 1 aromatic heterocycles. The summed E-state index contributed by atoms with van der Waals surface area (Å²) in [5, 5.41) is 19.1. The SMILES string of the molecule is O=C(O)CC/C(=C\c1cccs1)C(=O)O. The minimum absolute atomic E-state index is 0.0442. The molecular weight excluding hydrogens is 216 g/mol. The molecule has 0 fully saturated rings. The standard InChI is InChI=1S/C10H10O4S/c11-9(12)4-3-7(10(13)14)6-8-2-1-5-15-8/h1-2,5-6H,3-4H2,(H,11,12)(H,13,14)/b7-6+. The summed E-state index contributed by atoms with van der Waals surface area (Å²) in [6.07, 6.45) is 1.39. The van der Waals surface area contributed by atoms with E-state index in [1.165, 1.54) is 17.4 Å². The monoisotopic (exact) mass is 226 g/mol. The van der Waals surface area contributed by atoms with Gasteiger partial charge in [-0.15, -0.1) is 11.3 Å². The number of aliphatic carboxylic acids is 2. The molecule has 5 heteroatoms. The molecule has 0 atom stereocenters. The van der Waals surface area contributed by atoms with Crippen LogP contribution in [-0.2, 0) is 9.59 Å². The van der Waals surface area contributed by atoms with Crippen LogP contribution in [-0.4, -0.2) is 22.2 Å². The minimum Gasteiger partial charge on any atom is -0.481 e. The molecule has 0 aliphatic carbocycles. The summed E-state index contributed by atoms with van der Waals surface area (Å²) >= 11 is 1.42. The fourth-order valence-corrected chi connectivity index (χ4v) is 1.71. The first kappa shape index (κ1) is 11.5. The highest BCUT2D eigenvalue weighted by atomic mass is 32.1. The Balaban J connectivity index is 2.74. The van der Waals surface area contributed by atoms with Crippen molar-refractivity contribution in [1.82, 2.24) is 0 Å². The maximum atomic E-state index is 10.8. The highest BCUT2D eigenvalue weighted by molar-refractivity contribution is 7.10. The maximum Gasteiger partial charge on any atom is 0.331 e. The molecular formula is C10H10O4S. The van der Waals surface area contributed by atoms with E-state index in [0.29, 0.717) is 0 Å². The summed E-state index contributed by atoms with van der Waals surface area (Å²) in [7, 11) is 0. The fraction of sp³-hybridized carbons (Fsp3) is 0.200. The van der Waals surface area contributed by atoms with Gasteiger partial charge in [-0.3, -0.25) is 4.79 Å².